The second-order valence-electron chi connectivity index (χ2n) is 7.34. The van der Waals surface area contributed by atoms with Crippen LogP contribution in [0.15, 0.2) is 89.9 Å². The average molecular weight is 423 g/mol. The molecule has 0 bridgehead atoms. The van der Waals surface area contributed by atoms with Gasteiger partial charge in [0.15, 0.2) is 0 Å². The van der Waals surface area contributed by atoms with E-state index in [2.05, 4.69) is 10.1 Å². The van der Waals surface area contributed by atoms with Crippen LogP contribution >= 0.6 is 11.6 Å². The number of fused-ring (bicyclic) bond motifs is 4. The first-order valence-corrected chi connectivity index (χ1v) is 10.2. The third-order valence-electron chi connectivity index (χ3n) is 5.51. The maximum absolute atomic E-state index is 13.4. The number of hydrogen-bond donors (Lipinski definition) is 1. The lowest BCUT2D eigenvalue weighted by molar-refractivity contribution is 0.895. The van der Waals surface area contributed by atoms with E-state index in [0.29, 0.717) is 21.6 Å². The Balaban J connectivity index is 1.77. The first-order valence-electron chi connectivity index (χ1n) is 9.84. The van der Waals surface area contributed by atoms with E-state index in [9.17, 15) is 4.79 Å². The summed E-state index contributed by atoms with van der Waals surface area (Å²) in [6.07, 6.45) is 1.75. The normalized spacial score (nSPS) is 11.5. The molecule has 0 aliphatic rings. The van der Waals surface area contributed by atoms with Gasteiger partial charge in [-0.2, -0.15) is 5.10 Å². The monoisotopic (exact) mass is 422 g/mol. The van der Waals surface area contributed by atoms with Crippen molar-refractivity contribution in [1.29, 1.82) is 0 Å². The van der Waals surface area contributed by atoms with Crippen LogP contribution in [0.1, 0.15) is 0 Å². The van der Waals surface area contributed by atoms with Gasteiger partial charge < -0.3 is 4.98 Å². The number of nitrogens with one attached hydrogen (secondary N) is 1. The van der Waals surface area contributed by atoms with Crippen LogP contribution in [-0.4, -0.2) is 19.7 Å². The maximum atomic E-state index is 13.4. The highest BCUT2D eigenvalue weighted by molar-refractivity contribution is 6.30. The van der Waals surface area contributed by atoms with Gasteiger partial charge in [0.05, 0.1) is 33.7 Å². The molecule has 148 valence electrons. The minimum absolute atomic E-state index is 0.199. The van der Waals surface area contributed by atoms with Crippen molar-refractivity contribution in [3.8, 4) is 16.8 Å². The molecule has 0 aliphatic carbocycles. The fraction of sp³-hybridized carbons (Fsp3) is 0. The van der Waals surface area contributed by atoms with Gasteiger partial charge in [-0.05, 0) is 35.9 Å². The quantitative estimate of drug-likeness (QED) is 0.362. The molecule has 0 fully saturated rings. The number of benzene rings is 3. The lowest BCUT2D eigenvalue weighted by atomic mass is 9.96. The molecule has 0 saturated heterocycles. The van der Waals surface area contributed by atoms with Crippen molar-refractivity contribution < 1.29 is 0 Å². The van der Waals surface area contributed by atoms with Gasteiger partial charge in [-0.15, -0.1) is 0 Å². The van der Waals surface area contributed by atoms with Crippen LogP contribution in [0.3, 0.4) is 0 Å². The average Bonchev–Trinajstić information content (AvgIpc) is 3.23. The van der Waals surface area contributed by atoms with Gasteiger partial charge in [0.25, 0.3) is 5.56 Å². The number of rotatable bonds is 2. The molecule has 3 aromatic heterocycles. The molecule has 0 spiro atoms. The van der Waals surface area contributed by atoms with E-state index >= 15 is 0 Å². The molecule has 3 aromatic carbocycles. The molecule has 3 heterocycles. The zero-order chi connectivity index (χ0) is 20.9. The molecule has 0 atom stereocenters. The Morgan fingerprint density at radius 2 is 1.58 bits per heavy atom. The second-order valence-corrected chi connectivity index (χ2v) is 7.78. The van der Waals surface area contributed by atoms with Crippen LogP contribution in [0.2, 0.25) is 5.02 Å². The van der Waals surface area contributed by atoms with Crippen LogP contribution in [0.4, 0.5) is 0 Å². The molecule has 0 unspecified atom stereocenters. The minimum Gasteiger partial charge on any atom is -0.306 e. The van der Waals surface area contributed by atoms with Crippen molar-refractivity contribution in [3.05, 3.63) is 100 Å². The number of para-hydroxylation sites is 1. The topological polar surface area (TPSA) is 63.6 Å². The summed E-state index contributed by atoms with van der Waals surface area (Å²) in [5, 5.41) is 7.46. The lowest BCUT2D eigenvalue weighted by Crippen LogP contribution is -2.11. The summed E-state index contributed by atoms with van der Waals surface area (Å²) >= 11 is 6.03. The van der Waals surface area contributed by atoms with E-state index in [1.807, 2.05) is 66.7 Å². The molecule has 0 radical (unpaired) electrons. The van der Waals surface area contributed by atoms with Gasteiger partial charge in [-0.3, -0.25) is 4.79 Å². The number of pyridine rings is 2. The van der Waals surface area contributed by atoms with Gasteiger partial charge in [0.1, 0.15) is 5.65 Å². The number of nitrogens with zero attached hydrogens (tertiary/aromatic N) is 3. The molecule has 0 aliphatic heterocycles. The van der Waals surface area contributed by atoms with Crippen LogP contribution in [0.5, 0.6) is 0 Å². The standard InChI is InChI=1S/C25H15ClN4O/c26-16-10-12-17(13-11-16)30-24-19(14-27-30)23-22(25(31)29-24)21(15-6-2-1-3-7-15)18-8-4-5-9-20(18)28-23/h1-14H,(H,29,31). The number of hydrogen-bond acceptors (Lipinski definition) is 3. The first kappa shape index (κ1) is 17.9. The first-order chi connectivity index (χ1) is 15.2. The molecule has 5 nitrogen and oxygen atoms in total. The van der Waals surface area contributed by atoms with Crippen LogP contribution in [-0.2, 0) is 0 Å². The molecule has 6 aromatic rings. The lowest BCUT2D eigenvalue weighted by Gasteiger charge is -2.11. The van der Waals surface area contributed by atoms with Gasteiger partial charge in [0.2, 0.25) is 0 Å². The fourth-order valence-electron chi connectivity index (χ4n) is 4.12. The highest BCUT2D eigenvalue weighted by Gasteiger charge is 2.19. The van der Waals surface area contributed by atoms with Gasteiger partial charge in [0, 0.05) is 16.0 Å². The minimum atomic E-state index is -0.199. The van der Waals surface area contributed by atoms with Crippen molar-refractivity contribution in [2.24, 2.45) is 0 Å². The van der Waals surface area contributed by atoms with Gasteiger partial charge in [-0.25, -0.2) is 9.67 Å². The van der Waals surface area contributed by atoms with Crippen molar-refractivity contribution in [3.63, 3.8) is 0 Å². The molecular weight excluding hydrogens is 408 g/mol. The van der Waals surface area contributed by atoms with E-state index in [4.69, 9.17) is 16.6 Å². The summed E-state index contributed by atoms with van der Waals surface area (Å²) in [7, 11) is 0. The predicted molar refractivity (Wildman–Crippen MR) is 125 cm³/mol. The number of aromatic amines is 1. The molecule has 0 saturated carbocycles. The Bertz CT molecular complexity index is 1650. The Hall–Kier alpha value is -3.96. The summed E-state index contributed by atoms with van der Waals surface area (Å²) in [5.74, 6) is 0. The zero-order valence-corrected chi connectivity index (χ0v) is 17.0. The predicted octanol–water partition coefficient (Wildman–Crippen LogP) is 5.74. The Labute approximate surface area is 181 Å². The highest BCUT2D eigenvalue weighted by Crippen LogP contribution is 2.35. The fourth-order valence-corrected chi connectivity index (χ4v) is 4.25. The van der Waals surface area contributed by atoms with E-state index in [1.165, 1.54) is 0 Å². The molecule has 1 N–H and O–H groups in total. The summed E-state index contributed by atoms with van der Waals surface area (Å²) in [4.78, 5) is 21.3. The Morgan fingerprint density at radius 1 is 0.839 bits per heavy atom. The highest BCUT2D eigenvalue weighted by atomic mass is 35.5. The van der Waals surface area contributed by atoms with Crippen LogP contribution in [0.25, 0.3) is 49.7 Å². The van der Waals surface area contributed by atoms with Crippen LogP contribution in [0, 0.1) is 0 Å². The van der Waals surface area contributed by atoms with Crippen molar-refractivity contribution >= 4 is 44.4 Å². The van der Waals surface area contributed by atoms with E-state index in [-0.39, 0.29) is 5.56 Å². The Morgan fingerprint density at radius 3 is 2.39 bits per heavy atom. The summed E-state index contributed by atoms with van der Waals surface area (Å²) in [6, 6.07) is 25.2. The van der Waals surface area contributed by atoms with Crippen molar-refractivity contribution in [2.45, 2.75) is 0 Å². The maximum Gasteiger partial charge on any atom is 0.259 e. The number of H-pyrrole nitrogens is 1. The summed E-state index contributed by atoms with van der Waals surface area (Å²) in [5.41, 5.74) is 4.52. The third kappa shape index (κ3) is 2.75. The third-order valence-corrected chi connectivity index (χ3v) is 5.76. The van der Waals surface area contributed by atoms with Crippen LogP contribution < -0.4 is 5.56 Å². The molecule has 31 heavy (non-hydrogen) atoms. The van der Waals surface area contributed by atoms with Crippen molar-refractivity contribution in [1.82, 2.24) is 19.7 Å². The summed E-state index contributed by atoms with van der Waals surface area (Å²) < 4.78 is 1.70. The second kappa shape index (κ2) is 6.79. The van der Waals surface area contributed by atoms with E-state index in [0.717, 1.165) is 33.1 Å². The van der Waals surface area contributed by atoms with Crippen molar-refractivity contribution in [2.75, 3.05) is 0 Å². The largest absolute Gasteiger partial charge is 0.306 e. The van der Waals surface area contributed by atoms with Gasteiger partial charge in [-0.1, -0.05) is 60.1 Å². The molecule has 6 heteroatoms. The molecule has 0 amide bonds. The number of halogens is 1. The SMILES string of the molecule is O=c1[nH]c2c(cnn2-c2ccc(Cl)cc2)c2nc3ccccc3c(-c3ccccc3)c12. The Kier molecular flexibility index (Phi) is 3.91. The molecular formula is C25H15ClN4O. The van der Waals surface area contributed by atoms with Gasteiger partial charge >= 0.3 is 0 Å². The molecule has 6 rings (SSSR count). The number of aromatic nitrogens is 4. The van der Waals surface area contributed by atoms with E-state index < -0.39 is 0 Å². The smallest absolute Gasteiger partial charge is 0.259 e. The van der Waals surface area contributed by atoms with E-state index in [1.54, 1.807) is 23.0 Å². The summed E-state index contributed by atoms with van der Waals surface area (Å²) in [6.45, 7) is 0. The zero-order valence-electron chi connectivity index (χ0n) is 16.2.